The van der Waals surface area contributed by atoms with Gasteiger partial charge < -0.3 is 34.2 Å². The van der Waals surface area contributed by atoms with E-state index in [-0.39, 0.29) is 42.9 Å². The lowest BCUT2D eigenvalue weighted by Crippen LogP contribution is -2.52. The zero-order valence-electron chi connectivity index (χ0n) is 24.3. The fourth-order valence-electron chi connectivity index (χ4n) is 5.72. The van der Waals surface area contributed by atoms with E-state index in [4.69, 9.17) is 14.2 Å². The van der Waals surface area contributed by atoms with Crippen LogP contribution in [0.15, 0.2) is 12.1 Å². The number of anilines is 1. The summed E-state index contributed by atoms with van der Waals surface area (Å²) < 4.78 is 16.8. The predicted octanol–water partition coefficient (Wildman–Crippen LogP) is 3.77. The number of carbonyl (C=O) groups excluding carboxylic acids is 3. The Bertz CT molecular complexity index is 1030. The zero-order valence-corrected chi connectivity index (χ0v) is 25.1. The number of hydrogen-bond donors (Lipinski definition) is 1. The van der Waals surface area contributed by atoms with Gasteiger partial charge in [0.05, 0.1) is 5.69 Å². The number of carbonyl (C=O) groups is 3. The van der Waals surface area contributed by atoms with Crippen molar-refractivity contribution in [3.63, 3.8) is 0 Å². The average Bonchev–Trinajstić information content (AvgIpc) is 3.46. The number of nitrogens with one attached hydrogen (secondary N) is 1. The van der Waals surface area contributed by atoms with E-state index in [2.05, 4.69) is 5.32 Å². The van der Waals surface area contributed by atoms with Crippen LogP contribution in [0.3, 0.4) is 0 Å². The van der Waals surface area contributed by atoms with Crippen molar-refractivity contribution in [1.29, 1.82) is 0 Å². The molecule has 40 heavy (non-hydrogen) atoms. The van der Waals surface area contributed by atoms with Crippen molar-refractivity contribution >= 4 is 36.0 Å². The van der Waals surface area contributed by atoms with Gasteiger partial charge in [0.2, 0.25) is 6.10 Å². The fraction of sp³-hybridized carbons (Fsp3) is 0.690. The fourth-order valence-corrected chi connectivity index (χ4v) is 5.72. The number of hydrogen-bond acceptors (Lipinski definition) is 7. The van der Waals surface area contributed by atoms with Crippen molar-refractivity contribution in [1.82, 2.24) is 15.1 Å². The molecule has 0 aliphatic carbocycles. The minimum Gasteiger partial charge on any atom is -0.475 e. The van der Waals surface area contributed by atoms with Gasteiger partial charge >= 0.3 is 6.09 Å². The zero-order chi connectivity index (χ0) is 27.9. The minimum atomic E-state index is -0.937. The number of aryl methyl sites for hydroxylation is 1. The number of amides is 3. The quantitative estimate of drug-likeness (QED) is 0.420. The molecule has 224 valence electrons. The lowest BCUT2D eigenvalue weighted by atomic mass is 9.99. The number of fused-ring (bicyclic) bond motifs is 1. The Morgan fingerprint density at radius 2 is 1.93 bits per heavy atom. The molecule has 0 bridgehead atoms. The molecule has 2 atom stereocenters. The van der Waals surface area contributed by atoms with E-state index in [0.29, 0.717) is 43.2 Å². The first-order chi connectivity index (χ1) is 18.8. The molecule has 3 amide bonds. The smallest absolute Gasteiger partial charge is 0.409 e. The van der Waals surface area contributed by atoms with Crippen molar-refractivity contribution in [2.75, 3.05) is 57.9 Å². The van der Waals surface area contributed by atoms with Gasteiger partial charge in [0.15, 0.2) is 0 Å². The highest BCUT2D eigenvalue weighted by molar-refractivity contribution is 6.03. The summed E-state index contributed by atoms with van der Waals surface area (Å²) in [6, 6.07) is 3.80. The summed E-state index contributed by atoms with van der Waals surface area (Å²) in [5.41, 5.74) is 1.94. The van der Waals surface area contributed by atoms with Crippen LogP contribution in [0.2, 0.25) is 0 Å². The van der Waals surface area contributed by atoms with Crippen LogP contribution in [-0.2, 0) is 14.3 Å². The van der Waals surface area contributed by atoms with E-state index in [9.17, 15) is 14.4 Å². The summed E-state index contributed by atoms with van der Waals surface area (Å²) in [6.45, 7) is 9.98. The van der Waals surface area contributed by atoms with Gasteiger partial charge in [-0.3, -0.25) is 9.59 Å². The van der Waals surface area contributed by atoms with Gasteiger partial charge in [-0.2, -0.15) is 0 Å². The van der Waals surface area contributed by atoms with Crippen LogP contribution in [0.25, 0.3) is 0 Å². The Kier molecular flexibility index (Phi) is 11.9. The number of likely N-dealkylation sites (tertiary alicyclic amines) is 1. The van der Waals surface area contributed by atoms with E-state index < -0.39 is 12.2 Å². The molecule has 2 fully saturated rings. The molecule has 11 heteroatoms. The maximum absolute atomic E-state index is 13.9. The van der Waals surface area contributed by atoms with Crippen molar-refractivity contribution in [2.45, 2.75) is 77.5 Å². The van der Waals surface area contributed by atoms with E-state index >= 15 is 0 Å². The second kappa shape index (κ2) is 14.9. The lowest BCUT2D eigenvalue weighted by molar-refractivity contribution is -0.128. The largest absolute Gasteiger partial charge is 0.475 e. The molecule has 3 heterocycles. The number of unbranched alkanes of at least 4 members (excludes halogenated alkanes) is 1. The predicted molar refractivity (Wildman–Crippen MR) is 156 cm³/mol. The number of piperidine rings is 1. The molecule has 10 nitrogen and oxygen atoms in total. The summed E-state index contributed by atoms with van der Waals surface area (Å²) >= 11 is 0. The van der Waals surface area contributed by atoms with E-state index in [1.54, 1.807) is 23.0 Å². The summed E-state index contributed by atoms with van der Waals surface area (Å²) in [6.07, 6.45) is 4.08. The van der Waals surface area contributed by atoms with Gasteiger partial charge in [-0.1, -0.05) is 0 Å². The van der Waals surface area contributed by atoms with Crippen molar-refractivity contribution < 1.29 is 28.6 Å². The Morgan fingerprint density at radius 3 is 2.58 bits per heavy atom. The highest BCUT2D eigenvalue weighted by atomic mass is 35.5. The molecule has 3 aliphatic heterocycles. The second-order valence-electron chi connectivity index (χ2n) is 11.0. The Labute approximate surface area is 244 Å². The van der Waals surface area contributed by atoms with Gasteiger partial charge in [0.25, 0.3) is 11.8 Å². The molecule has 3 aliphatic rings. The Morgan fingerprint density at radius 1 is 1.18 bits per heavy atom. The van der Waals surface area contributed by atoms with Crippen LogP contribution in [0.4, 0.5) is 10.5 Å². The first kappa shape index (κ1) is 32.0. The third-order valence-corrected chi connectivity index (χ3v) is 7.80. The number of nitrogens with zero attached hydrogens (tertiary/aromatic N) is 3. The van der Waals surface area contributed by atoms with Gasteiger partial charge in [-0.05, 0) is 83.5 Å². The molecule has 1 aromatic carbocycles. The molecule has 1 unspecified atom stereocenters. The molecule has 0 aromatic heterocycles. The van der Waals surface area contributed by atoms with E-state index in [1.807, 2.05) is 31.7 Å². The van der Waals surface area contributed by atoms with Gasteiger partial charge in [-0.25, -0.2) is 4.79 Å². The van der Waals surface area contributed by atoms with E-state index in [1.165, 1.54) is 0 Å². The van der Waals surface area contributed by atoms with Gasteiger partial charge in [-0.15, -0.1) is 12.4 Å². The SMILES string of the molecule is COCCCCN1C(=O)C(COC(=O)N2CCCC2)Oc2cc(C)c(C(=O)N(C(C)C)[C@@H]3CCCNC3)cc21.Cl. The summed E-state index contributed by atoms with van der Waals surface area (Å²) in [4.78, 5) is 45.3. The molecule has 2 saturated heterocycles. The van der Waals surface area contributed by atoms with Crippen molar-refractivity contribution in [3.05, 3.63) is 23.3 Å². The molecule has 4 rings (SSSR count). The number of rotatable bonds is 10. The highest BCUT2D eigenvalue weighted by Crippen LogP contribution is 2.38. The molecule has 1 N–H and O–H groups in total. The van der Waals surface area contributed by atoms with Gasteiger partial charge in [0, 0.05) is 57.5 Å². The first-order valence-electron chi connectivity index (χ1n) is 14.4. The monoisotopic (exact) mass is 580 g/mol. The maximum atomic E-state index is 13.9. The second-order valence-corrected chi connectivity index (χ2v) is 11.0. The number of methoxy groups -OCH3 is 1. The summed E-state index contributed by atoms with van der Waals surface area (Å²) in [7, 11) is 1.66. The normalized spacial score (nSPS) is 20.6. The van der Waals surface area contributed by atoms with Crippen molar-refractivity contribution in [3.8, 4) is 5.75 Å². The summed E-state index contributed by atoms with van der Waals surface area (Å²) in [5, 5.41) is 3.41. The third kappa shape index (κ3) is 7.39. The molecular formula is C29H45ClN4O6. The molecule has 0 radical (unpaired) electrons. The molecule has 0 spiro atoms. The minimum absolute atomic E-state index is 0. The van der Waals surface area contributed by atoms with Crippen LogP contribution < -0.4 is 15.0 Å². The van der Waals surface area contributed by atoms with Crippen LogP contribution in [0.5, 0.6) is 5.75 Å². The van der Waals surface area contributed by atoms with Crippen LogP contribution >= 0.6 is 12.4 Å². The van der Waals surface area contributed by atoms with E-state index in [0.717, 1.165) is 57.2 Å². The van der Waals surface area contributed by atoms with Crippen molar-refractivity contribution in [2.24, 2.45) is 0 Å². The molecule has 1 aromatic rings. The lowest BCUT2D eigenvalue weighted by Gasteiger charge is -2.39. The topological polar surface area (TPSA) is 101 Å². The number of ether oxygens (including phenoxy) is 3. The number of benzene rings is 1. The standard InChI is InChI=1S/C29H44N4O6.ClH/c1-20(2)33(22-10-9-11-30-18-22)27(34)23-17-24-25(16-21(23)3)39-26(19-38-29(36)31-12-5-6-13-31)28(35)32(24)14-7-8-15-37-4;/h16-17,20,22,26,30H,5-15,18-19H2,1-4H3;1H/t22-,26?;/m1./s1. The third-order valence-electron chi connectivity index (χ3n) is 7.80. The number of halogens is 1. The van der Waals surface area contributed by atoms with Gasteiger partial charge in [0.1, 0.15) is 12.4 Å². The Hall–Kier alpha value is -2.56. The van der Waals surface area contributed by atoms with Crippen LogP contribution in [0, 0.1) is 6.92 Å². The highest BCUT2D eigenvalue weighted by Gasteiger charge is 2.38. The van der Waals surface area contributed by atoms with Crippen LogP contribution in [-0.4, -0.2) is 98.9 Å². The van der Waals surface area contributed by atoms with Crippen LogP contribution in [0.1, 0.15) is 68.3 Å². The molecule has 0 saturated carbocycles. The first-order valence-corrected chi connectivity index (χ1v) is 14.4. The average molecular weight is 581 g/mol. The maximum Gasteiger partial charge on any atom is 0.409 e. The summed E-state index contributed by atoms with van der Waals surface area (Å²) in [5.74, 6) is 0.217. The Balaban J connectivity index is 0.00000441. The molecular weight excluding hydrogens is 536 g/mol.